The number of pyridine rings is 1. The minimum absolute atomic E-state index is 0.0584. The third kappa shape index (κ3) is 3.01. The van der Waals surface area contributed by atoms with Crippen LogP contribution in [-0.2, 0) is 26.9 Å². The highest BCUT2D eigenvalue weighted by atomic mass is 32.2. The van der Waals surface area contributed by atoms with E-state index in [1.54, 1.807) is 12.3 Å². The van der Waals surface area contributed by atoms with E-state index in [-0.39, 0.29) is 10.9 Å². The standard InChI is InChI=1S/C19H21N7O3S/c20-30(28,29)15-5-4-13(10-21-15)24-18-23-9-12-8-14-11-22-17(27)19(6-2-1-3-7-19)26(14)16(12)25-18/h4-5,8-10H,1-3,6-7,11H2,(H,22,27)(H2,20,28,29)(H,23,24,25). The zero-order chi connectivity index (χ0) is 20.9. The van der Waals surface area contributed by atoms with Crippen molar-refractivity contribution in [3.63, 3.8) is 0 Å². The number of hydrogen-bond acceptors (Lipinski definition) is 7. The predicted molar refractivity (Wildman–Crippen MR) is 109 cm³/mol. The van der Waals surface area contributed by atoms with Gasteiger partial charge in [-0.2, -0.15) is 4.98 Å². The van der Waals surface area contributed by atoms with Crippen LogP contribution in [-0.4, -0.2) is 33.8 Å². The average molecular weight is 427 g/mol. The number of sulfonamides is 1. The minimum Gasteiger partial charge on any atom is -0.348 e. The Morgan fingerprint density at radius 2 is 1.93 bits per heavy atom. The quantitative estimate of drug-likeness (QED) is 0.574. The van der Waals surface area contributed by atoms with Crippen LogP contribution in [0, 0.1) is 0 Å². The van der Waals surface area contributed by atoms with Crippen molar-refractivity contribution in [1.29, 1.82) is 0 Å². The van der Waals surface area contributed by atoms with Crippen LogP contribution in [0.5, 0.6) is 0 Å². The molecule has 3 aromatic heterocycles. The fourth-order valence-corrected chi connectivity index (χ4v) is 4.94. The summed E-state index contributed by atoms with van der Waals surface area (Å²) in [5.74, 6) is 0.397. The third-order valence-corrected chi connectivity index (χ3v) is 6.69. The van der Waals surface area contributed by atoms with Crippen molar-refractivity contribution in [2.24, 2.45) is 5.14 Å². The third-order valence-electron chi connectivity index (χ3n) is 5.86. The minimum atomic E-state index is -3.86. The number of hydrogen-bond donors (Lipinski definition) is 3. The molecule has 1 fully saturated rings. The van der Waals surface area contributed by atoms with Gasteiger partial charge in [0.1, 0.15) is 11.2 Å². The molecule has 0 saturated heterocycles. The zero-order valence-electron chi connectivity index (χ0n) is 16.1. The number of nitrogens with two attached hydrogens (primary N) is 1. The van der Waals surface area contributed by atoms with Crippen molar-refractivity contribution in [2.75, 3.05) is 5.32 Å². The average Bonchev–Trinajstić information content (AvgIpc) is 3.10. The summed E-state index contributed by atoms with van der Waals surface area (Å²) < 4.78 is 24.8. The predicted octanol–water partition coefficient (Wildman–Crippen LogP) is 1.51. The van der Waals surface area contributed by atoms with Crippen molar-refractivity contribution in [3.05, 3.63) is 36.3 Å². The summed E-state index contributed by atoms with van der Waals surface area (Å²) in [7, 11) is -3.86. The van der Waals surface area contributed by atoms with E-state index in [4.69, 9.17) is 5.14 Å². The molecule has 1 aliphatic heterocycles. The van der Waals surface area contributed by atoms with Gasteiger partial charge in [-0.05, 0) is 31.0 Å². The Labute approximate surface area is 173 Å². The van der Waals surface area contributed by atoms with Crippen LogP contribution < -0.4 is 15.8 Å². The summed E-state index contributed by atoms with van der Waals surface area (Å²) in [6.07, 6.45) is 7.81. The van der Waals surface area contributed by atoms with Gasteiger partial charge >= 0.3 is 0 Å². The van der Waals surface area contributed by atoms with Crippen LogP contribution in [0.3, 0.4) is 0 Å². The van der Waals surface area contributed by atoms with Gasteiger partial charge in [0, 0.05) is 17.3 Å². The molecule has 10 nitrogen and oxygen atoms in total. The molecule has 11 heteroatoms. The number of carbonyl (C=O) groups is 1. The van der Waals surface area contributed by atoms with Crippen molar-refractivity contribution in [1.82, 2.24) is 24.8 Å². The van der Waals surface area contributed by atoms with Gasteiger partial charge in [-0.1, -0.05) is 19.3 Å². The number of fused-ring (bicyclic) bond motifs is 4. The summed E-state index contributed by atoms with van der Waals surface area (Å²) >= 11 is 0. The molecule has 30 heavy (non-hydrogen) atoms. The Hall–Kier alpha value is -3.05. The number of rotatable bonds is 3. The number of nitrogens with zero attached hydrogens (tertiary/aromatic N) is 4. The Balaban J connectivity index is 1.54. The van der Waals surface area contributed by atoms with E-state index >= 15 is 0 Å². The van der Waals surface area contributed by atoms with Gasteiger partial charge < -0.3 is 15.2 Å². The maximum absolute atomic E-state index is 12.9. The lowest BCUT2D eigenvalue weighted by molar-refractivity contribution is -0.133. The van der Waals surface area contributed by atoms with Gasteiger partial charge in [-0.3, -0.25) is 4.79 Å². The van der Waals surface area contributed by atoms with E-state index in [1.165, 1.54) is 12.3 Å². The van der Waals surface area contributed by atoms with E-state index in [0.29, 0.717) is 23.8 Å². The monoisotopic (exact) mass is 427 g/mol. The van der Waals surface area contributed by atoms with Gasteiger partial charge in [0.05, 0.1) is 18.4 Å². The lowest BCUT2D eigenvalue weighted by Crippen LogP contribution is -2.54. The van der Waals surface area contributed by atoms with Crippen LogP contribution in [0.1, 0.15) is 37.8 Å². The largest absolute Gasteiger partial charge is 0.348 e. The number of nitrogens with one attached hydrogen (secondary N) is 2. The molecule has 156 valence electrons. The zero-order valence-corrected chi connectivity index (χ0v) is 16.9. The summed E-state index contributed by atoms with van der Waals surface area (Å²) in [5.41, 5.74) is 1.67. The number of aromatic nitrogens is 4. The van der Waals surface area contributed by atoms with Crippen molar-refractivity contribution >= 4 is 38.6 Å². The molecule has 3 aromatic rings. The molecule has 4 N–H and O–H groups in total. The highest BCUT2D eigenvalue weighted by molar-refractivity contribution is 7.89. The molecule has 1 spiro atoms. The summed E-state index contributed by atoms with van der Waals surface area (Å²) in [6, 6.07) is 4.89. The van der Waals surface area contributed by atoms with Gasteiger partial charge in [-0.15, -0.1) is 0 Å². The first-order valence-electron chi connectivity index (χ1n) is 9.79. The molecule has 0 unspecified atom stereocenters. The van der Waals surface area contributed by atoms with E-state index in [1.807, 2.05) is 6.07 Å². The summed E-state index contributed by atoms with van der Waals surface area (Å²) in [6.45, 7) is 0.471. The lowest BCUT2D eigenvalue weighted by atomic mass is 9.79. The van der Waals surface area contributed by atoms with Crippen LogP contribution in [0.2, 0.25) is 0 Å². The molecule has 1 amide bonds. The second-order valence-corrected chi connectivity index (χ2v) is 9.28. The molecule has 0 radical (unpaired) electrons. The topological polar surface area (TPSA) is 145 Å². The van der Waals surface area contributed by atoms with Crippen LogP contribution >= 0.6 is 0 Å². The van der Waals surface area contributed by atoms with E-state index < -0.39 is 15.6 Å². The Morgan fingerprint density at radius 3 is 2.63 bits per heavy atom. The van der Waals surface area contributed by atoms with Crippen molar-refractivity contribution in [3.8, 4) is 0 Å². The molecule has 4 heterocycles. The Kier molecular flexibility index (Phi) is 4.26. The Bertz CT molecular complexity index is 1250. The van der Waals surface area contributed by atoms with Gasteiger partial charge in [0.2, 0.25) is 11.9 Å². The molecular formula is C19H21N7O3S. The van der Waals surface area contributed by atoms with Crippen molar-refractivity contribution < 1.29 is 13.2 Å². The molecule has 1 saturated carbocycles. The smallest absolute Gasteiger partial charge is 0.255 e. The van der Waals surface area contributed by atoms with E-state index in [0.717, 1.165) is 43.2 Å². The fraction of sp³-hybridized carbons (Fsp3) is 0.368. The molecule has 5 rings (SSSR count). The van der Waals surface area contributed by atoms with Crippen LogP contribution in [0.25, 0.3) is 11.0 Å². The lowest BCUT2D eigenvalue weighted by Gasteiger charge is -2.41. The molecule has 0 atom stereocenters. The van der Waals surface area contributed by atoms with Crippen LogP contribution in [0.15, 0.2) is 35.6 Å². The highest BCUT2D eigenvalue weighted by Gasteiger charge is 2.45. The number of amides is 1. The first kappa shape index (κ1) is 18.9. The second kappa shape index (κ2) is 6.74. The molecule has 0 aromatic carbocycles. The van der Waals surface area contributed by atoms with Crippen molar-refractivity contribution in [2.45, 2.75) is 49.2 Å². The summed E-state index contributed by atoms with van der Waals surface area (Å²) in [5, 5.41) is 11.8. The second-order valence-electron chi connectivity index (χ2n) is 7.77. The van der Waals surface area contributed by atoms with Gasteiger partial charge in [-0.25, -0.2) is 23.5 Å². The SMILES string of the molecule is NS(=O)(=O)c1ccc(Nc2ncc3cc4n(c3n2)C2(CCCCC2)C(=O)NC4)cn1. The molecule has 0 bridgehead atoms. The molecule has 2 aliphatic rings. The van der Waals surface area contributed by atoms with Gasteiger partial charge in [0.15, 0.2) is 5.03 Å². The molecular weight excluding hydrogens is 406 g/mol. The fourth-order valence-electron chi connectivity index (χ4n) is 4.49. The number of carbonyl (C=O) groups excluding carboxylic acids is 1. The molecule has 1 aliphatic carbocycles. The van der Waals surface area contributed by atoms with Crippen LogP contribution in [0.4, 0.5) is 11.6 Å². The first-order chi connectivity index (χ1) is 14.4. The Morgan fingerprint density at radius 1 is 1.13 bits per heavy atom. The van der Waals surface area contributed by atoms with E-state index in [2.05, 4.69) is 30.2 Å². The maximum atomic E-state index is 12.9. The van der Waals surface area contributed by atoms with E-state index in [9.17, 15) is 13.2 Å². The normalized spacial score (nSPS) is 18.2. The summed E-state index contributed by atoms with van der Waals surface area (Å²) in [4.78, 5) is 25.8. The number of primary sulfonamides is 1. The van der Waals surface area contributed by atoms with Gasteiger partial charge in [0.25, 0.3) is 10.0 Å². The highest BCUT2D eigenvalue weighted by Crippen LogP contribution is 2.41. The maximum Gasteiger partial charge on any atom is 0.255 e. The number of anilines is 2. The first-order valence-corrected chi connectivity index (χ1v) is 11.3.